The summed E-state index contributed by atoms with van der Waals surface area (Å²) in [6.45, 7) is 5.56. The first-order chi connectivity index (χ1) is 9.86. The van der Waals surface area contributed by atoms with Crippen molar-refractivity contribution < 1.29 is 8.42 Å². The Balaban J connectivity index is 2.10. The molecule has 0 saturated heterocycles. The number of benzene rings is 1. The first-order valence-corrected chi connectivity index (χ1v) is 8.25. The van der Waals surface area contributed by atoms with Crippen molar-refractivity contribution in [3.05, 3.63) is 48.0 Å². The summed E-state index contributed by atoms with van der Waals surface area (Å²) in [6, 6.07) is 6.97. The minimum atomic E-state index is -3.64. The number of nitrogens with one attached hydrogen (secondary N) is 1. The highest BCUT2D eigenvalue weighted by atomic mass is 32.2. The average molecular weight is 308 g/mol. The van der Waals surface area contributed by atoms with Gasteiger partial charge in [0.1, 0.15) is 0 Å². The molecule has 7 heteroatoms. The Morgan fingerprint density at radius 1 is 1.29 bits per heavy atom. The largest absolute Gasteiger partial charge is 0.329 e. The van der Waals surface area contributed by atoms with Crippen molar-refractivity contribution in [3.8, 4) is 0 Å². The normalized spacial score (nSPS) is 12.0. The summed E-state index contributed by atoms with van der Waals surface area (Å²) in [5.41, 5.74) is 2.07. The second-order valence-electron chi connectivity index (χ2n) is 5.24. The van der Waals surface area contributed by atoms with E-state index in [2.05, 4.69) is 24.1 Å². The minimum absolute atomic E-state index is 0.124. The van der Waals surface area contributed by atoms with E-state index in [9.17, 15) is 8.42 Å². The van der Waals surface area contributed by atoms with Gasteiger partial charge in [-0.2, -0.15) is 0 Å². The first-order valence-electron chi connectivity index (χ1n) is 6.70. The lowest BCUT2D eigenvalue weighted by atomic mass is 10.2. The van der Waals surface area contributed by atoms with Crippen molar-refractivity contribution >= 4 is 10.0 Å². The molecule has 2 rings (SSSR count). The van der Waals surface area contributed by atoms with Gasteiger partial charge in [-0.25, -0.2) is 18.5 Å². The number of hydrogen-bond donors (Lipinski definition) is 2. The Kier molecular flexibility index (Phi) is 4.76. The predicted octanol–water partition coefficient (Wildman–Crippen LogP) is 1.08. The van der Waals surface area contributed by atoms with Gasteiger partial charge < -0.3 is 9.88 Å². The number of hydrogen-bond acceptors (Lipinski definition) is 4. The zero-order valence-corrected chi connectivity index (χ0v) is 13.0. The summed E-state index contributed by atoms with van der Waals surface area (Å²) >= 11 is 0. The Labute approximate surface area is 125 Å². The average Bonchev–Trinajstić information content (AvgIpc) is 2.83. The van der Waals surface area contributed by atoms with Crippen LogP contribution in [0.2, 0.25) is 0 Å². The molecule has 21 heavy (non-hydrogen) atoms. The smallest absolute Gasteiger partial charge is 0.238 e. The van der Waals surface area contributed by atoms with Crippen LogP contribution in [-0.2, 0) is 23.1 Å². The van der Waals surface area contributed by atoms with Crippen LogP contribution in [0.25, 0.3) is 0 Å². The molecule has 0 unspecified atom stereocenters. The maximum Gasteiger partial charge on any atom is 0.238 e. The van der Waals surface area contributed by atoms with E-state index >= 15 is 0 Å². The molecule has 0 atom stereocenters. The van der Waals surface area contributed by atoms with E-state index in [4.69, 9.17) is 5.14 Å². The van der Waals surface area contributed by atoms with Crippen LogP contribution >= 0.6 is 0 Å². The fourth-order valence-electron chi connectivity index (χ4n) is 1.93. The third-order valence-corrected chi connectivity index (χ3v) is 4.02. The molecule has 0 radical (unpaired) electrons. The van der Waals surface area contributed by atoms with Gasteiger partial charge in [-0.3, -0.25) is 0 Å². The number of aromatic nitrogens is 2. The highest BCUT2D eigenvalue weighted by Crippen LogP contribution is 2.11. The molecule has 0 aliphatic heterocycles. The van der Waals surface area contributed by atoms with Crippen molar-refractivity contribution in [1.82, 2.24) is 14.9 Å². The first kappa shape index (κ1) is 15.7. The third-order valence-electron chi connectivity index (χ3n) is 3.09. The van der Waals surface area contributed by atoms with Gasteiger partial charge >= 0.3 is 0 Å². The molecule has 0 fully saturated rings. The molecule has 0 amide bonds. The van der Waals surface area contributed by atoms with Gasteiger partial charge in [0.2, 0.25) is 10.0 Å². The van der Waals surface area contributed by atoms with E-state index in [0.717, 1.165) is 17.8 Å². The lowest BCUT2D eigenvalue weighted by Gasteiger charge is -2.11. The maximum atomic E-state index is 11.2. The third kappa shape index (κ3) is 4.38. The molecular formula is C14H20N4O2S. The maximum absolute atomic E-state index is 11.2. The highest BCUT2D eigenvalue weighted by molar-refractivity contribution is 7.89. The van der Waals surface area contributed by atoms with Crippen molar-refractivity contribution in [1.29, 1.82) is 0 Å². The van der Waals surface area contributed by atoms with E-state index in [1.165, 1.54) is 12.1 Å². The molecule has 2 aromatic rings. The van der Waals surface area contributed by atoms with E-state index in [-0.39, 0.29) is 4.90 Å². The zero-order chi connectivity index (χ0) is 15.5. The molecule has 6 nitrogen and oxygen atoms in total. The van der Waals surface area contributed by atoms with Crippen LogP contribution < -0.4 is 10.5 Å². The lowest BCUT2D eigenvalue weighted by molar-refractivity contribution is 0.564. The van der Waals surface area contributed by atoms with Crippen LogP contribution in [0, 0.1) is 0 Å². The van der Waals surface area contributed by atoms with Crippen molar-refractivity contribution in [2.45, 2.75) is 37.9 Å². The van der Waals surface area contributed by atoms with Crippen molar-refractivity contribution in [2.24, 2.45) is 5.14 Å². The molecule has 3 N–H and O–H groups in total. The van der Waals surface area contributed by atoms with Gasteiger partial charge in [0.25, 0.3) is 0 Å². The van der Waals surface area contributed by atoms with Crippen LogP contribution in [0.1, 0.15) is 25.1 Å². The fourth-order valence-corrected chi connectivity index (χ4v) is 2.44. The van der Waals surface area contributed by atoms with Gasteiger partial charge in [0.05, 0.1) is 16.9 Å². The molecule has 1 aromatic heterocycles. The Morgan fingerprint density at radius 2 is 1.95 bits per heavy atom. The molecule has 0 saturated carbocycles. The monoisotopic (exact) mass is 308 g/mol. The molecule has 0 spiro atoms. The molecular weight excluding hydrogens is 288 g/mol. The van der Waals surface area contributed by atoms with Gasteiger partial charge in [0.15, 0.2) is 0 Å². The van der Waals surface area contributed by atoms with Crippen LogP contribution in [-0.4, -0.2) is 24.0 Å². The molecule has 1 aromatic carbocycles. The summed E-state index contributed by atoms with van der Waals surface area (Å²) in [6.07, 6.45) is 3.60. The number of nitrogens with two attached hydrogens (primary N) is 1. The second kappa shape index (κ2) is 6.38. The number of imidazole rings is 1. The van der Waals surface area contributed by atoms with Gasteiger partial charge in [0, 0.05) is 25.3 Å². The molecule has 1 heterocycles. The number of nitrogens with zero attached hydrogens (tertiary/aromatic N) is 2. The summed E-state index contributed by atoms with van der Waals surface area (Å²) < 4.78 is 24.5. The Hall–Kier alpha value is -1.70. The topological polar surface area (TPSA) is 90.0 Å². The Morgan fingerprint density at radius 3 is 2.52 bits per heavy atom. The van der Waals surface area contributed by atoms with E-state index in [1.54, 1.807) is 18.5 Å². The van der Waals surface area contributed by atoms with Gasteiger partial charge in [-0.05, 0) is 17.7 Å². The number of sulfonamides is 1. The van der Waals surface area contributed by atoms with Crippen LogP contribution in [0.3, 0.4) is 0 Å². The summed E-state index contributed by atoms with van der Waals surface area (Å²) in [7, 11) is -3.64. The predicted molar refractivity (Wildman–Crippen MR) is 81.1 cm³/mol. The fraction of sp³-hybridized carbons (Fsp3) is 0.357. The van der Waals surface area contributed by atoms with Crippen LogP contribution in [0.5, 0.6) is 0 Å². The van der Waals surface area contributed by atoms with E-state index in [1.807, 2.05) is 10.8 Å². The van der Waals surface area contributed by atoms with Crippen LogP contribution in [0.4, 0.5) is 0 Å². The quantitative estimate of drug-likeness (QED) is 0.835. The minimum Gasteiger partial charge on any atom is -0.329 e. The van der Waals surface area contributed by atoms with E-state index < -0.39 is 10.0 Å². The summed E-state index contributed by atoms with van der Waals surface area (Å²) in [5, 5.41) is 8.43. The van der Waals surface area contributed by atoms with Crippen LogP contribution in [0.15, 0.2) is 41.7 Å². The summed E-state index contributed by atoms with van der Waals surface area (Å²) in [5.74, 6) is 0. The molecule has 114 valence electrons. The number of rotatable bonds is 6. The van der Waals surface area contributed by atoms with Gasteiger partial charge in [-0.15, -0.1) is 0 Å². The highest BCUT2D eigenvalue weighted by Gasteiger charge is 2.08. The van der Waals surface area contributed by atoms with E-state index in [0.29, 0.717) is 12.6 Å². The molecule has 0 aliphatic rings. The zero-order valence-electron chi connectivity index (χ0n) is 12.2. The molecule has 0 aliphatic carbocycles. The van der Waals surface area contributed by atoms with Crippen molar-refractivity contribution in [2.75, 3.05) is 0 Å². The second-order valence-corrected chi connectivity index (χ2v) is 6.80. The SMILES string of the molecule is CC(C)NCc1cncn1Cc1ccc(S(N)(=O)=O)cc1. The van der Waals surface area contributed by atoms with Crippen molar-refractivity contribution in [3.63, 3.8) is 0 Å². The summed E-state index contributed by atoms with van der Waals surface area (Å²) in [4.78, 5) is 4.28. The van der Waals surface area contributed by atoms with Gasteiger partial charge in [-0.1, -0.05) is 26.0 Å². The number of primary sulfonamides is 1. The Bertz CT molecular complexity index is 690. The molecule has 0 bridgehead atoms. The lowest BCUT2D eigenvalue weighted by Crippen LogP contribution is -2.23. The standard InChI is InChI=1S/C14H20N4O2S/c1-11(2)17-8-13-7-16-10-18(13)9-12-3-5-14(6-4-12)21(15,19)20/h3-7,10-11,17H,8-9H2,1-2H3,(H2,15,19,20).